The molecule has 3 rings (SSSR count). The van der Waals surface area contributed by atoms with Crippen molar-refractivity contribution in [3.05, 3.63) is 42.1 Å². The summed E-state index contributed by atoms with van der Waals surface area (Å²) in [6.45, 7) is 2.24. The third-order valence-electron chi connectivity index (χ3n) is 4.16. The van der Waals surface area contributed by atoms with Crippen LogP contribution in [0.2, 0.25) is 0 Å². The highest BCUT2D eigenvalue weighted by Crippen LogP contribution is 2.31. The molecule has 1 aliphatic rings. The molecule has 0 saturated heterocycles. The lowest BCUT2D eigenvalue weighted by Gasteiger charge is -2.08. The molecule has 1 aliphatic carbocycles. The number of hydrogen-bond donors (Lipinski definition) is 0. The van der Waals surface area contributed by atoms with Gasteiger partial charge in [-0.15, -0.1) is 0 Å². The minimum Gasteiger partial charge on any atom is -0.299 e. The van der Waals surface area contributed by atoms with E-state index in [9.17, 15) is 4.79 Å². The van der Waals surface area contributed by atoms with Crippen molar-refractivity contribution >= 4 is 16.7 Å². The second kappa shape index (κ2) is 5.12. The van der Waals surface area contributed by atoms with Crippen molar-refractivity contribution in [3.63, 3.8) is 0 Å². The predicted octanol–water partition coefficient (Wildman–Crippen LogP) is 3.78. The van der Waals surface area contributed by atoms with Gasteiger partial charge >= 0.3 is 0 Å². The van der Waals surface area contributed by atoms with Gasteiger partial charge in [-0.3, -0.25) is 9.78 Å². The van der Waals surface area contributed by atoms with Crippen molar-refractivity contribution in [1.82, 2.24) is 4.98 Å². The lowest BCUT2D eigenvalue weighted by Crippen LogP contribution is -2.14. The van der Waals surface area contributed by atoms with Crippen LogP contribution in [0.5, 0.6) is 0 Å². The normalized spacial score (nSPS) is 22.8. The van der Waals surface area contributed by atoms with Gasteiger partial charge in [-0.1, -0.05) is 31.2 Å². The molecule has 1 aromatic heterocycles. The van der Waals surface area contributed by atoms with Crippen molar-refractivity contribution in [2.24, 2.45) is 11.8 Å². The summed E-state index contributed by atoms with van der Waals surface area (Å²) in [5.41, 5.74) is 1.89. The molecule has 0 amide bonds. The zero-order valence-corrected chi connectivity index (χ0v) is 11.3. The summed E-state index contributed by atoms with van der Waals surface area (Å²) < 4.78 is 0. The van der Waals surface area contributed by atoms with Gasteiger partial charge < -0.3 is 0 Å². The van der Waals surface area contributed by atoms with E-state index in [0.717, 1.165) is 29.4 Å². The molecule has 1 saturated carbocycles. The van der Waals surface area contributed by atoms with Crippen LogP contribution in [0.15, 0.2) is 36.4 Å². The summed E-state index contributed by atoms with van der Waals surface area (Å²) in [5.74, 6) is 1.34. The first kappa shape index (κ1) is 12.3. The van der Waals surface area contributed by atoms with Gasteiger partial charge in [-0.25, -0.2) is 0 Å². The lowest BCUT2D eigenvalue weighted by atomic mass is 9.97. The Balaban J connectivity index is 1.76. The van der Waals surface area contributed by atoms with E-state index in [2.05, 4.69) is 18.0 Å². The van der Waals surface area contributed by atoms with Crippen molar-refractivity contribution in [2.45, 2.75) is 32.6 Å². The van der Waals surface area contributed by atoms with Crippen LogP contribution in [0.25, 0.3) is 10.9 Å². The second-order valence-electron chi connectivity index (χ2n) is 5.75. The van der Waals surface area contributed by atoms with Crippen molar-refractivity contribution in [1.29, 1.82) is 0 Å². The molecule has 2 aromatic rings. The summed E-state index contributed by atoms with van der Waals surface area (Å²) in [7, 11) is 0. The van der Waals surface area contributed by atoms with Crippen LogP contribution in [0, 0.1) is 11.8 Å². The number of carbonyl (C=O) groups excluding carboxylic acids is 1. The van der Waals surface area contributed by atoms with Crippen LogP contribution < -0.4 is 0 Å². The van der Waals surface area contributed by atoms with Crippen LogP contribution in [0.1, 0.15) is 31.9 Å². The molecule has 2 unspecified atom stereocenters. The molecule has 1 fully saturated rings. The van der Waals surface area contributed by atoms with Crippen LogP contribution in [-0.2, 0) is 11.2 Å². The summed E-state index contributed by atoms with van der Waals surface area (Å²) in [6.07, 6.45) is 3.81. The molecule has 2 atom stereocenters. The summed E-state index contributed by atoms with van der Waals surface area (Å²) in [6, 6.07) is 12.1. The van der Waals surface area contributed by atoms with Gasteiger partial charge in [0.1, 0.15) is 5.78 Å². The molecule has 19 heavy (non-hydrogen) atoms. The fraction of sp³-hybridized carbons (Fsp3) is 0.412. The molecular weight excluding hydrogens is 234 g/mol. The van der Waals surface area contributed by atoms with Crippen LogP contribution in [-0.4, -0.2) is 10.8 Å². The Bertz CT molecular complexity index is 605. The van der Waals surface area contributed by atoms with Crippen molar-refractivity contribution in [2.75, 3.05) is 0 Å². The topological polar surface area (TPSA) is 30.0 Å². The van der Waals surface area contributed by atoms with Gasteiger partial charge in [0, 0.05) is 23.4 Å². The number of ketones is 1. The minimum absolute atomic E-state index is 0.267. The average Bonchev–Trinajstić information content (AvgIpc) is 2.85. The van der Waals surface area contributed by atoms with Crippen molar-refractivity contribution in [3.8, 4) is 0 Å². The highest BCUT2D eigenvalue weighted by atomic mass is 16.1. The van der Waals surface area contributed by atoms with E-state index < -0.39 is 0 Å². The van der Waals surface area contributed by atoms with Gasteiger partial charge in [0.05, 0.1) is 5.52 Å². The first-order chi connectivity index (χ1) is 9.22. The lowest BCUT2D eigenvalue weighted by molar-refractivity contribution is -0.122. The van der Waals surface area contributed by atoms with Gasteiger partial charge in [0.25, 0.3) is 0 Å². The number of benzene rings is 1. The summed E-state index contributed by atoms with van der Waals surface area (Å²) in [4.78, 5) is 16.8. The highest BCUT2D eigenvalue weighted by Gasteiger charge is 2.27. The molecule has 0 aliphatic heterocycles. The molecule has 0 N–H and O–H groups in total. The number of Topliss-reactive ketones (excluding diaryl/α,β-unsaturated/α-hetero) is 1. The molecule has 2 nitrogen and oxygen atoms in total. The summed E-state index contributed by atoms with van der Waals surface area (Å²) >= 11 is 0. The second-order valence-corrected chi connectivity index (χ2v) is 5.75. The largest absolute Gasteiger partial charge is 0.299 e. The number of para-hydroxylation sites is 1. The summed E-state index contributed by atoms with van der Waals surface area (Å²) in [5, 5.41) is 1.13. The SMILES string of the molecule is CC1CCC(C(=O)Cc2ccc3ccccc3n2)C1. The maximum Gasteiger partial charge on any atom is 0.141 e. The Hall–Kier alpha value is -1.70. The number of aromatic nitrogens is 1. The van der Waals surface area contributed by atoms with E-state index in [1.54, 1.807) is 0 Å². The minimum atomic E-state index is 0.267. The van der Waals surface area contributed by atoms with Crippen LogP contribution in [0.4, 0.5) is 0 Å². The Labute approximate surface area is 113 Å². The van der Waals surface area contributed by atoms with E-state index in [1.165, 1.54) is 6.42 Å². The molecule has 1 aromatic carbocycles. The fourth-order valence-electron chi connectivity index (χ4n) is 3.03. The number of hydrogen-bond acceptors (Lipinski definition) is 2. The molecule has 1 heterocycles. The van der Waals surface area contributed by atoms with Gasteiger partial charge in [0.15, 0.2) is 0 Å². The standard InChI is InChI=1S/C17H19NO/c1-12-6-7-14(10-12)17(19)11-15-9-8-13-4-2-3-5-16(13)18-15/h2-5,8-9,12,14H,6-7,10-11H2,1H3. The first-order valence-electron chi connectivity index (χ1n) is 7.10. The van der Waals surface area contributed by atoms with E-state index in [4.69, 9.17) is 0 Å². The average molecular weight is 253 g/mol. The molecule has 0 radical (unpaired) electrons. The van der Waals surface area contributed by atoms with Crippen LogP contribution in [0.3, 0.4) is 0 Å². The molecule has 0 bridgehead atoms. The monoisotopic (exact) mass is 253 g/mol. The zero-order valence-electron chi connectivity index (χ0n) is 11.3. The smallest absolute Gasteiger partial charge is 0.141 e. The van der Waals surface area contributed by atoms with Crippen molar-refractivity contribution < 1.29 is 4.79 Å². The maximum atomic E-state index is 12.3. The number of nitrogens with zero attached hydrogens (tertiary/aromatic N) is 1. The quantitative estimate of drug-likeness (QED) is 0.833. The Morgan fingerprint density at radius 1 is 1.21 bits per heavy atom. The fourth-order valence-corrected chi connectivity index (χ4v) is 3.03. The third kappa shape index (κ3) is 2.67. The molecular formula is C17H19NO. The number of fused-ring (bicyclic) bond motifs is 1. The molecule has 2 heteroatoms. The number of carbonyl (C=O) groups is 1. The Morgan fingerprint density at radius 3 is 2.84 bits per heavy atom. The Kier molecular flexibility index (Phi) is 3.33. The predicted molar refractivity (Wildman–Crippen MR) is 77.0 cm³/mol. The van der Waals surface area contributed by atoms with Gasteiger partial charge in [0.2, 0.25) is 0 Å². The third-order valence-corrected chi connectivity index (χ3v) is 4.16. The van der Waals surface area contributed by atoms with Crippen LogP contribution >= 0.6 is 0 Å². The van der Waals surface area contributed by atoms with Gasteiger partial charge in [-0.2, -0.15) is 0 Å². The zero-order chi connectivity index (χ0) is 13.2. The highest BCUT2D eigenvalue weighted by molar-refractivity contribution is 5.84. The number of pyridine rings is 1. The number of rotatable bonds is 3. The Morgan fingerprint density at radius 2 is 2.05 bits per heavy atom. The molecule has 0 spiro atoms. The van der Waals surface area contributed by atoms with E-state index in [1.807, 2.05) is 30.3 Å². The molecule has 98 valence electrons. The maximum absolute atomic E-state index is 12.3. The first-order valence-corrected chi connectivity index (χ1v) is 7.10. The van der Waals surface area contributed by atoms with Gasteiger partial charge in [-0.05, 0) is 37.3 Å². The van der Waals surface area contributed by atoms with E-state index >= 15 is 0 Å². The van der Waals surface area contributed by atoms with E-state index in [0.29, 0.717) is 18.1 Å². The van der Waals surface area contributed by atoms with E-state index in [-0.39, 0.29) is 5.92 Å².